The van der Waals surface area contributed by atoms with Gasteiger partial charge in [0.2, 0.25) is 0 Å². The predicted molar refractivity (Wildman–Crippen MR) is 99.5 cm³/mol. The van der Waals surface area contributed by atoms with Crippen molar-refractivity contribution in [1.29, 1.82) is 0 Å². The number of amidine groups is 1. The van der Waals surface area contributed by atoms with Gasteiger partial charge >= 0.3 is 5.97 Å². The van der Waals surface area contributed by atoms with Crippen LogP contribution in [-0.2, 0) is 14.3 Å². The zero-order valence-electron chi connectivity index (χ0n) is 13.8. The number of thioether (sulfide) groups is 1. The Kier molecular flexibility index (Phi) is 5.28. The van der Waals surface area contributed by atoms with Crippen LogP contribution >= 0.6 is 11.8 Å². The number of nitrogens with one attached hydrogen (secondary N) is 1. The van der Waals surface area contributed by atoms with Gasteiger partial charge in [-0.2, -0.15) is 4.99 Å². The van der Waals surface area contributed by atoms with E-state index in [2.05, 4.69) is 15.0 Å². The normalized spacial score (nSPS) is 16.6. The molecule has 0 radical (unpaired) electrons. The highest BCUT2D eigenvalue weighted by molar-refractivity contribution is 8.18. The Morgan fingerprint density at radius 1 is 1.04 bits per heavy atom. The topological polar surface area (TPSA) is 84.8 Å². The molecule has 1 aliphatic heterocycles. The number of hydrogen-bond acceptors (Lipinski definition) is 5. The Hall–Kier alpha value is -3.19. The van der Waals surface area contributed by atoms with Crippen molar-refractivity contribution >= 4 is 34.7 Å². The van der Waals surface area contributed by atoms with Crippen molar-refractivity contribution in [3.05, 3.63) is 71.1 Å². The molecule has 2 amide bonds. The maximum absolute atomic E-state index is 12.3. The Bertz CT molecular complexity index is 918. The molecule has 0 aliphatic carbocycles. The molecule has 0 spiro atoms. The molecule has 0 unspecified atom stereocenters. The number of methoxy groups -OCH3 is 1. The third-order valence-electron chi connectivity index (χ3n) is 3.54. The number of benzene rings is 2. The minimum atomic E-state index is -0.647. The molecule has 26 heavy (non-hydrogen) atoms. The third-order valence-corrected chi connectivity index (χ3v) is 4.45. The van der Waals surface area contributed by atoms with Crippen LogP contribution in [-0.4, -0.2) is 30.1 Å². The lowest BCUT2D eigenvalue weighted by Crippen LogP contribution is -2.21. The van der Waals surface area contributed by atoms with E-state index in [0.717, 1.165) is 29.0 Å². The minimum absolute atomic E-state index is 0.127. The molecule has 1 saturated heterocycles. The van der Waals surface area contributed by atoms with Gasteiger partial charge in [0.25, 0.3) is 11.8 Å². The van der Waals surface area contributed by atoms with Crippen LogP contribution in [0.3, 0.4) is 0 Å². The zero-order valence-corrected chi connectivity index (χ0v) is 14.6. The highest BCUT2D eigenvalue weighted by atomic mass is 32.2. The van der Waals surface area contributed by atoms with E-state index in [1.807, 2.05) is 42.5 Å². The lowest BCUT2D eigenvalue weighted by atomic mass is 10.0. The fraction of sp³-hybridized carbons (Fsp3) is 0.0526. The number of nitrogens with zero attached hydrogens (tertiary/aromatic N) is 1. The number of ether oxygens (including phenoxy) is 1. The number of amides is 2. The van der Waals surface area contributed by atoms with Gasteiger partial charge in [0.05, 0.1) is 12.0 Å². The highest BCUT2D eigenvalue weighted by Crippen LogP contribution is 2.24. The Morgan fingerprint density at radius 2 is 1.69 bits per heavy atom. The van der Waals surface area contributed by atoms with E-state index in [4.69, 9.17) is 0 Å². The number of hydrogen-bond donors (Lipinski definition) is 1. The van der Waals surface area contributed by atoms with Crippen LogP contribution in [0.25, 0.3) is 11.1 Å². The molecular formula is C19H14N2O4S. The summed E-state index contributed by atoms with van der Waals surface area (Å²) in [4.78, 5) is 39.3. The SMILES string of the molecule is COC(=O)/C=C1\SC(=NC(=O)c2ccc(-c3ccccc3)cc2)NC1=O. The highest BCUT2D eigenvalue weighted by Gasteiger charge is 2.25. The molecule has 0 bridgehead atoms. The van der Waals surface area contributed by atoms with Crippen LogP contribution in [0, 0.1) is 0 Å². The quantitative estimate of drug-likeness (QED) is 0.667. The third kappa shape index (κ3) is 4.07. The molecule has 1 fully saturated rings. The lowest BCUT2D eigenvalue weighted by molar-refractivity contribution is -0.135. The molecule has 1 N–H and O–H groups in total. The lowest BCUT2D eigenvalue weighted by Gasteiger charge is -2.02. The molecule has 7 heteroatoms. The monoisotopic (exact) mass is 366 g/mol. The summed E-state index contributed by atoms with van der Waals surface area (Å²) in [5, 5.41) is 2.58. The second-order valence-corrected chi connectivity index (χ2v) is 6.28. The fourth-order valence-electron chi connectivity index (χ4n) is 2.24. The van der Waals surface area contributed by atoms with Gasteiger partial charge in [0.15, 0.2) is 5.17 Å². The van der Waals surface area contributed by atoms with E-state index in [9.17, 15) is 14.4 Å². The molecule has 3 rings (SSSR count). The van der Waals surface area contributed by atoms with Gasteiger partial charge in [-0.05, 0) is 35.0 Å². The van der Waals surface area contributed by atoms with Gasteiger partial charge in [0, 0.05) is 11.6 Å². The van der Waals surface area contributed by atoms with Crippen molar-refractivity contribution in [3.8, 4) is 11.1 Å². The number of rotatable bonds is 3. The van der Waals surface area contributed by atoms with Crippen LogP contribution < -0.4 is 5.32 Å². The van der Waals surface area contributed by atoms with Crippen LogP contribution in [0.15, 0.2) is 70.6 Å². The first-order valence-electron chi connectivity index (χ1n) is 7.64. The van der Waals surface area contributed by atoms with Crippen molar-refractivity contribution in [1.82, 2.24) is 5.32 Å². The largest absolute Gasteiger partial charge is 0.466 e. The van der Waals surface area contributed by atoms with E-state index < -0.39 is 17.8 Å². The molecule has 6 nitrogen and oxygen atoms in total. The molecule has 0 saturated carbocycles. The predicted octanol–water partition coefficient (Wildman–Crippen LogP) is 2.77. The van der Waals surface area contributed by atoms with E-state index >= 15 is 0 Å². The van der Waals surface area contributed by atoms with Crippen LogP contribution in [0.5, 0.6) is 0 Å². The molecule has 1 heterocycles. The Labute approximate surface area is 154 Å². The number of carbonyl (C=O) groups is 3. The van der Waals surface area contributed by atoms with Gasteiger partial charge in [-0.15, -0.1) is 0 Å². The summed E-state index contributed by atoms with van der Waals surface area (Å²) >= 11 is 0.914. The van der Waals surface area contributed by atoms with Crippen molar-refractivity contribution in [2.75, 3.05) is 7.11 Å². The van der Waals surface area contributed by atoms with E-state index in [1.54, 1.807) is 12.1 Å². The molecule has 0 atom stereocenters. The van der Waals surface area contributed by atoms with Gasteiger partial charge in [-0.3, -0.25) is 9.59 Å². The summed E-state index contributed by atoms with van der Waals surface area (Å²) in [7, 11) is 1.22. The Balaban J connectivity index is 1.74. The summed E-state index contributed by atoms with van der Waals surface area (Å²) < 4.78 is 4.48. The fourth-order valence-corrected chi connectivity index (χ4v) is 3.02. The second kappa shape index (κ2) is 7.79. The molecular weight excluding hydrogens is 352 g/mol. The number of carbonyl (C=O) groups excluding carboxylic acids is 3. The average Bonchev–Trinajstić information content (AvgIpc) is 3.01. The van der Waals surface area contributed by atoms with Gasteiger partial charge in [0.1, 0.15) is 0 Å². The Morgan fingerprint density at radius 3 is 2.35 bits per heavy atom. The second-order valence-electron chi connectivity index (χ2n) is 5.25. The van der Waals surface area contributed by atoms with Crippen LogP contribution in [0.1, 0.15) is 10.4 Å². The van der Waals surface area contributed by atoms with Crippen molar-refractivity contribution in [2.24, 2.45) is 4.99 Å². The number of aliphatic imine (C=N–C) groups is 1. The smallest absolute Gasteiger partial charge is 0.331 e. The first kappa shape index (κ1) is 17.6. The van der Waals surface area contributed by atoms with Crippen molar-refractivity contribution in [3.63, 3.8) is 0 Å². The maximum atomic E-state index is 12.3. The molecule has 2 aromatic rings. The standard InChI is InChI=1S/C19H14N2O4S/c1-25-16(22)11-15-18(24)21-19(26-15)20-17(23)14-9-7-13(8-10-14)12-5-3-2-4-6-12/h2-11H,1H3,(H,20,21,23,24)/b15-11-. The van der Waals surface area contributed by atoms with E-state index in [0.29, 0.717) is 5.56 Å². The molecule has 130 valence electrons. The summed E-state index contributed by atoms with van der Waals surface area (Å²) in [5.74, 6) is -1.62. The van der Waals surface area contributed by atoms with E-state index in [1.165, 1.54) is 7.11 Å². The summed E-state index contributed by atoms with van der Waals surface area (Å²) in [6.07, 6.45) is 1.06. The van der Waals surface area contributed by atoms with E-state index in [-0.39, 0.29) is 10.1 Å². The summed E-state index contributed by atoms with van der Waals surface area (Å²) in [6, 6.07) is 16.8. The van der Waals surface area contributed by atoms with Crippen molar-refractivity contribution < 1.29 is 19.1 Å². The minimum Gasteiger partial charge on any atom is -0.466 e. The maximum Gasteiger partial charge on any atom is 0.331 e. The summed E-state index contributed by atoms with van der Waals surface area (Å²) in [6.45, 7) is 0. The van der Waals surface area contributed by atoms with Gasteiger partial charge in [-0.1, -0.05) is 42.5 Å². The van der Waals surface area contributed by atoms with Crippen LogP contribution in [0.2, 0.25) is 0 Å². The molecule has 1 aliphatic rings. The van der Waals surface area contributed by atoms with Gasteiger partial charge in [-0.25, -0.2) is 4.79 Å². The molecule has 2 aromatic carbocycles. The first-order valence-corrected chi connectivity index (χ1v) is 8.46. The number of esters is 1. The van der Waals surface area contributed by atoms with Crippen LogP contribution in [0.4, 0.5) is 0 Å². The molecule has 0 aromatic heterocycles. The first-order chi connectivity index (χ1) is 12.6. The van der Waals surface area contributed by atoms with Gasteiger partial charge < -0.3 is 10.1 Å². The zero-order chi connectivity index (χ0) is 18.5. The van der Waals surface area contributed by atoms with Crippen molar-refractivity contribution in [2.45, 2.75) is 0 Å². The average molecular weight is 366 g/mol. The summed E-state index contributed by atoms with van der Waals surface area (Å²) in [5.41, 5.74) is 2.44.